The van der Waals surface area contributed by atoms with Crippen LogP contribution >= 0.6 is 39.1 Å². The predicted molar refractivity (Wildman–Crippen MR) is 75.1 cm³/mol. The molecule has 0 bridgehead atoms. The van der Waals surface area contributed by atoms with E-state index in [1.807, 2.05) is 30.3 Å². The van der Waals surface area contributed by atoms with E-state index in [-0.39, 0.29) is 5.75 Å². The molecule has 0 spiro atoms. The van der Waals surface area contributed by atoms with Crippen LogP contribution in [0.15, 0.2) is 40.9 Å². The van der Waals surface area contributed by atoms with Crippen LogP contribution in [-0.4, -0.2) is 5.11 Å². The van der Waals surface area contributed by atoms with Crippen LogP contribution in [0.25, 0.3) is 0 Å². The lowest BCUT2D eigenvalue weighted by Gasteiger charge is -2.07. The molecule has 2 aromatic rings. The fraction of sp³-hybridized carbons (Fsp3) is 0.0769. The maximum Gasteiger partial charge on any atom is 0.120 e. The fourth-order valence-electron chi connectivity index (χ4n) is 1.54. The zero-order valence-corrected chi connectivity index (χ0v) is 11.9. The van der Waals surface area contributed by atoms with Crippen LogP contribution in [0.3, 0.4) is 0 Å². The summed E-state index contributed by atoms with van der Waals surface area (Å²) in [5.74, 6) is 0.202. The van der Waals surface area contributed by atoms with Gasteiger partial charge in [-0.3, -0.25) is 0 Å². The normalized spacial score (nSPS) is 10.5. The summed E-state index contributed by atoms with van der Waals surface area (Å²) in [6.07, 6.45) is 0.638. The van der Waals surface area contributed by atoms with Crippen molar-refractivity contribution < 1.29 is 5.11 Å². The molecule has 0 aliphatic rings. The Labute approximate surface area is 118 Å². The number of aromatic hydroxyl groups is 1. The summed E-state index contributed by atoms with van der Waals surface area (Å²) in [7, 11) is 0. The molecule has 0 unspecified atom stereocenters. The largest absolute Gasteiger partial charge is 0.508 e. The molecule has 0 aliphatic carbocycles. The zero-order valence-electron chi connectivity index (χ0n) is 8.75. The second-order valence-corrected chi connectivity index (χ2v) is 5.40. The smallest absolute Gasteiger partial charge is 0.120 e. The molecule has 88 valence electrons. The van der Waals surface area contributed by atoms with Crippen LogP contribution < -0.4 is 0 Å². The van der Waals surface area contributed by atoms with Gasteiger partial charge < -0.3 is 5.11 Å². The Morgan fingerprint density at radius 2 is 1.71 bits per heavy atom. The van der Waals surface area contributed by atoms with E-state index in [0.717, 1.165) is 15.6 Å². The quantitative estimate of drug-likeness (QED) is 0.816. The van der Waals surface area contributed by atoms with Gasteiger partial charge in [-0.1, -0.05) is 35.3 Å². The van der Waals surface area contributed by atoms with E-state index in [2.05, 4.69) is 15.9 Å². The van der Waals surface area contributed by atoms with Gasteiger partial charge in [0.15, 0.2) is 0 Å². The summed E-state index contributed by atoms with van der Waals surface area (Å²) in [6, 6.07) is 10.9. The van der Waals surface area contributed by atoms with E-state index in [1.165, 1.54) is 6.07 Å². The number of rotatable bonds is 2. The van der Waals surface area contributed by atoms with Gasteiger partial charge in [-0.05, 0) is 51.3 Å². The first-order chi connectivity index (χ1) is 8.06. The molecule has 0 radical (unpaired) electrons. The number of phenolic OH excluding ortho intramolecular Hbond substituents is 1. The minimum absolute atomic E-state index is 0.202. The Kier molecular flexibility index (Phi) is 3.97. The van der Waals surface area contributed by atoms with E-state index in [9.17, 15) is 5.11 Å². The maximum atomic E-state index is 9.80. The average Bonchev–Trinajstić information content (AvgIpc) is 2.29. The lowest BCUT2D eigenvalue weighted by molar-refractivity contribution is 0.469. The average molecular weight is 332 g/mol. The van der Waals surface area contributed by atoms with Crippen LogP contribution in [0.4, 0.5) is 0 Å². The van der Waals surface area contributed by atoms with Crippen molar-refractivity contribution in [2.45, 2.75) is 6.42 Å². The Morgan fingerprint density at radius 3 is 2.35 bits per heavy atom. The third kappa shape index (κ3) is 3.15. The highest BCUT2D eigenvalue weighted by atomic mass is 79.9. The van der Waals surface area contributed by atoms with E-state index in [1.54, 1.807) is 0 Å². The molecular formula is C13H9BrCl2O. The monoisotopic (exact) mass is 330 g/mol. The maximum absolute atomic E-state index is 9.80. The summed E-state index contributed by atoms with van der Waals surface area (Å²) in [5, 5.41) is 11.0. The minimum Gasteiger partial charge on any atom is -0.508 e. The van der Waals surface area contributed by atoms with Gasteiger partial charge in [-0.25, -0.2) is 0 Å². The predicted octanol–water partition coefficient (Wildman–Crippen LogP) is 5.05. The van der Waals surface area contributed by atoms with Crippen LogP contribution in [0.1, 0.15) is 11.1 Å². The Morgan fingerprint density at radius 1 is 1.06 bits per heavy atom. The zero-order chi connectivity index (χ0) is 12.4. The summed E-state index contributed by atoms with van der Waals surface area (Å²) in [4.78, 5) is 0. The molecule has 0 saturated heterocycles. The van der Waals surface area contributed by atoms with Gasteiger partial charge in [0, 0.05) is 15.9 Å². The van der Waals surface area contributed by atoms with Gasteiger partial charge in [0.25, 0.3) is 0 Å². The van der Waals surface area contributed by atoms with Crippen molar-refractivity contribution in [2.75, 3.05) is 0 Å². The molecule has 0 amide bonds. The number of halogens is 3. The van der Waals surface area contributed by atoms with Crippen LogP contribution in [0.5, 0.6) is 5.75 Å². The van der Waals surface area contributed by atoms with Crippen molar-refractivity contribution in [1.82, 2.24) is 0 Å². The van der Waals surface area contributed by atoms with Crippen molar-refractivity contribution in [3.8, 4) is 5.75 Å². The molecule has 0 aliphatic heterocycles. The van der Waals surface area contributed by atoms with Crippen molar-refractivity contribution in [3.05, 3.63) is 62.0 Å². The second-order valence-electron chi connectivity index (χ2n) is 3.70. The number of hydrogen-bond acceptors (Lipinski definition) is 1. The summed E-state index contributed by atoms with van der Waals surface area (Å²) in [5.41, 5.74) is 1.91. The molecule has 0 aromatic heterocycles. The van der Waals surface area contributed by atoms with Crippen LogP contribution in [0, 0.1) is 0 Å². The van der Waals surface area contributed by atoms with Crippen molar-refractivity contribution in [1.29, 1.82) is 0 Å². The molecule has 1 N–H and O–H groups in total. The van der Waals surface area contributed by atoms with Gasteiger partial charge in [-0.15, -0.1) is 0 Å². The van der Waals surface area contributed by atoms with Crippen molar-refractivity contribution >= 4 is 39.1 Å². The van der Waals surface area contributed by atoms with E-state index in [0.29, 0.717) is 16.5 Å². The Bertz CT molecular complexity index is 538. The summed E-state index contributed by atoms with van der Waals surface area (Å²) >= 11 is 15.0. The highest BCUT2D eigenvalue weighted by Gasteiger charge is 2.07. The van der Waals surface area contributed by atoms with Gasteiger partial charge in [0.2, 0.25) is 0 Å². The van der Waals surface area contributed by atoms with E-state index in [4.69, 9.17) is 23.2 Å². The number of benzene rings is 2. The number of phenols is 1. The first-order valence-corrected chi connectivity index (χ1v) is 6.52. The third-order valence-electron chi connectivity index (χ3n) is 2.43. The molecular weight excluding hydrogens is 323 g/mol. The number of hydrogen-bond donors (Lipinski definition) is 1. The lowest BCUT2D eigenvalue weighted by Crippen LogP contribution is -1.89. The van der Waals surface area contributed by atoms with E-state index < -0.39 is 0 Å². The molecule has 1 nitrogen and oxygen atoms in total. The fourth-order valence-corrected chi connectivity index (χ4v) is 2.22. The van der Waals surface area contributed by atoms with Crippen molar-refractivity contribution in [3.63, 3.8) is 0 Å². The lowest BCUT2D eigenvalue weighted by atomic mass is 10.0. The molecule has 2 aromatic carbocycles. The molecule has 0 fully saturated rings. The SMILES string of the molecule is Oc1cc(Cl)c(Br)cc1Cc1ccc(Cl)cc1. The molecule has 0 heterocycles. The van der Waals surface area contributed by atoms with Gasteiger partial charge in [0.1, 0.15) is 5.75 Å². The van der Waals surface area contributed by atoms with E-state index >= 15 is 0 Å². The Hall–Kier alpha value is -0.700. The first-order valence-electron chi connectivity index (χ1n) is 4.97. The molecule has 0 atom stereocenters. The summed E-state index contributed by atoms with van der Waals surface area (Å²) < 4.78 is 0.779. The van der Waals surface area contributed by atoms with Crippen LogP contribution in [-0.2, 0) is 6.42 Å². The molecule has 4 heteroatoms. The topological polar surface area (TPSA) is 20.2 Å². The molecule has 17 heavy (non-hydrogen) atoms. The first kappa shape index (κ1) is 12.7. The van der Waals surface area contributed by atoms with Gasteiger partial charge in [0.05, 0.1) is 5.02 Å². The third-order valence-corrected chi connectivity index (χ3v) is 3.88. The van der Waals surface area contributed by atoms with Gasteiger partial charge >= 0.3 is 0 Å². The van der Waals surface area contributed by atoms with Gasteiger partial charge in [-0.2, -0.15) is 0 Å². The standard InChI is InChI=1S/C13H9BrCl2O/c14-11-6-9(13(17)7-12(11)16)5-8-1-3-10(15)4-2-8/h1-4,6-7,17H,5H2. The second kappa shape index (κ2) is 5.30. The molecule has 0 saturated carbocycles. The molecule has 2 rings (SSSR count). The van der Waals surface area contributed by atoms with Crippen molar-refractivity contribution in [2.24, 2.45) is 0 Å². The summed E-state index contributed by atoms with van der Waals surface area (Å²) in [6.45, 7) is 0. The minimum atomic E-state index is 0.202. The highest BCUT2D eigenvalue weighted by molar-refractivity contribution is 9.10. The Balaban J connectivity index is 2.30. The van der Waals surface area contributed by atoms with Crippen LogP contribution in [0.2, 0.25) is 10.0 Å². The highest BCUT2D eigenvalue weighted by Crippen LogP contribution is 2.31.